The van der Waals surface area contributed by atoms with E-state index in [2.05, 4.69) is 12.3 Å². The predicted molar refractivity (Wildman–Crippen MR) is 45.9 cm³/mol. The van der Waals surface area contributed by atoms with E-state index in [9.17, 15) is 4.79 Å². The van der Waals surface area contributed by atoms with Gasteiger partial charge in [-0.25, -0.2) is 0 Å². The first-order valence-electron chi connectivity index (χ1n) is 3.36. The predicted octanol–water partition coefficient (Wildman–Crippen LogP) is 1.88. The van der Waals surface area contributed by atoms with Crippen molar-refractivity contribution in [2.75, 3.05) is 0 Å². The fraction of sp³-hybridized carbons (Fsp3) is 0.222. The molecule has 2 nitrogen and oxygen atoms in total. The van der Waals surface area contributed by atoms with Crippen LogP contribution in [0.3, 0.4) is 0 Å². The molecule has 0 aromatic carbocycles. The van der Waals surface area contributed by atoms with Gasteiger partial charge in [0.25, 0.3) is 0 Å². The van der Waals surface area contributed by atoms with E-state index in [0.717, 1.165) is 0 Å². The van der Waals surface area contributed by atoms with Crippen molar-refractivity contribution in [1.82, 2.24) is 0 Å². The molecule has 0 radical (unpaired) electrons. The second kappa shape index (κ2) is 5.39. The van der Waals surface area contributed by atoms with Gasteiger partial charge in [-0.15, -0.1) is 5.73 Å². The topological polar surface area (TPSA) is 40.9 Å². The Morgan fingerprint density at radius 3 is 2.82 bits per heavy atom. The quantitative estimate of drug-likeness (QED) is 0.282. The number of hydrogen-bond acceptors (Lipinski definition) is 2. The maximum Gasteiger partial charge on any atom is 0.199 e. The van der Waals surface area contributed by atoms with Crippen molar-refractivity contribution in [2.45, 2.75) is 13.3 Å². The third-order valence-electron chi connectivity index (χ3n) is 1.11. The molecule has 0 unspecified atom stereocenters. The third-order valence-corrected chi connectivity index (χ3v) is 1.11. The summed E-state index contributed by atoms with van der Waals surface area (Å²) < 4.78 is 0. The van der Waals surface area contributed by atoms with Gasteiger partial charge in [0.05, 0.1) is 5.71 Å². The smallest absolute Gasteiger partial charge is 0.199 e. The van der Waals surface area contributed by atoms with Crippen LogP contribution in [0.25, 0.3) is 0 Å². The number of carbonyl (C=O) groups is 1. The van der Waals surface area contributed by atoms with E-state index >= 15 is 0 Å². The molecular weight excluding hydrogens is 138 g/mol. The summed E-state index contributed by atoms with van der Waals surface area (Å²) in [6.45, 7) is 5.10. The molecule has 0 heterocycles. The zero-order valence-corrected chi connectivity index (χ0v) is 6.55. The molecular formula is C9H11NO. The van der Waals surface area contributed by atoms with Crippen LogP contribution < -0.4 is 0 Å². The van der Waals surface area contributed by atoms with Crippen molar-refractivity contribution in [3.8, 4) is 0 Å². The highest BCUT2D eigenvalue weighted by molar-refractivity contribution is 6.42. The van der Waals surface area contributed by atoms with Crippen molar-refractivity contribution in [1.29, 1.82) is 5.41 Å². The van der Waals surface area contributed by atoms with Crippen LogP contribution in [0.5, 0.6) is 0 Å². The van der Waals surface area contributed by atoms with Crippen molar-refractivity contribution in [3.63, 3.8) is 0 Å². The van der Waals surface area contributed by atoms with Crippen molar-refractivity contribution < 1.29 is 4.79 Å². The van der Waals surface area contributed by atoms with Crippen LogP contribution in [-0.4, -0.2) is 11.5 Å². The van der Waals surface area contributed by atoms with E-state index in [1.165, 1.54) is 18.2 Å². The van der Waals surface area contributed by atoms with Crippen LogP contribution in [0, 0.1) is 5.41 Å². The molecule has 58 valence electrons. The van der Waals surface area contributed by atoms with Crippen LogP contribution in [0.4, 0.5) is 0 Å². The summed E-state index contributed by atoms with van der Waals surface area (Å²) >= 11 is 0. The minimum atomic E-state index is -0.251. The van der Waals surface area contributed by atoms with Crippen LogP contribution in [0.15, 0.2) is 30.5 Å². The fourth-order valence-corrected chi connectivity index (χ4v) is 0.478. The Hall–Kier alpha value is -1.40. The van der Waals surface area contributed by atoms with Crippen LogP contribution in [0.2, 0.25) is 0 Å². The zero-order chi connectivity index (χ0) is 8.69. The van der Waals surface area contributed by atoms with Gasteiger partial charge < -0.3 is 5.41 Å². The molecule has 0 aromatic heterocycles. The van der Waals surface area contributed by atoms with Gasteiger partial charge in [0, 0.05) is 0 Å². The lowest BCUT2D eigenvalue weighted by molar-refractivity contribution is -0.109. The first-order valence-corrected chi connectivity index (χ1v) is 3.36. The first-order chi connectivity index (χ1) is 5.22. The lowest BCUT2D eigenvalue weighted by Crippen LogP contribution is -2.07. The Balaban J connectivity index is 4.07. The average Bonchev–Trinajstić information content (AvgIpc) is 2.03. The number of ketones is 1. The molecule has 0 saturated carbocycles. The third kappa shape index (κ3) is 4.06. The van der Waals surface area contributed by atoms with E-state index in [-0.39, 0.29) is 11.5 Å². The monoisotopic (exact) mass is 149 g/mol. The standard InChI is InChI=1S/C9H11NO/c1-3-5-6-7-9(11)8(10)4-2/h5-7,10H,1,4H2,2H3/b7-6-,10-8?. The highest BCUT2D eigenvalue weighted by Gasteiger charge is 1.99. The first kappa shape index (κ1) is 9.60. The second-order valence-corrected chi connectivity index (χ2v) is 1.93. The van der Waals surface area contributed by atoms with Gasteiger partial charge >= 0.3 is 0 Å². The number of rotatable bonds is 4. The molecule has 0 rings (SSSR count). The van der Waals surface area contributed by atoms with Crippen LogP contribution in [0.1, 0.15) is 13.3 Å². The molecule has 2 heteroatoms. The van der Waals surface area contributed by atoms with Crippen LogP contribution >= 0.6 is 0 Å². The van der Waals surface area contributed by atoms with E-state index < -0.39 is 0 Å². The van der Waals surface area contributed by atoms with Gasteiger partial charge in [0.2, 0.25) is 0 Å². The van der Waals surface area contributed by atoms with Crippen molar-refractivity contribution in [3.05, 3.63) is 30.5 Å². The molecule has 0 aliphatic rings. The fourth-order valence-electron chi connectivity index (χ4n) is 0.478. The zero-order valence-electron chi connectivity index (χ0n) is 6.55. The molecule has 0 aromatic rings. The molecule has 0 aliphatic heterocycles. The summed E-state index contributed by atoms with van der Waals surface area (Å²) in [6.07, 6.45) is 4.87. The SMILES string of the molecule is C=C=C/C=C\C(=O)C(=N)CC. The Bertz CT molecular complexity index is 232. The van der Waals surface area contributed by atoms with Gasteiger partial charge in [-0.1, -0.05) is 19.6 Å². The Kier molecular flexibility index (Phi) is 4.70. The van der Waals surface area contributed by atoms with Gasteiger partial charge in [-0.05, 0) is 18.6 Å². The molecule has 0 aliphatic carbocycles. The van der Waals surface area contributed by atoms with E-state index in [1.807, 2.05) is 0 Å². The summed E-state index contributed by atoms with van der Waals surface area (Å²) in [5.74, 6) is -0.251. The van der Waals surface area contributed by atoms with Crippen LogP contribution in [-0.2, 0) is 4.79 Å². The lowest BCUT2D eigenvalue weighted by atomic mass is 10.2. The van der Waals surface area contributed by atoms with Gasteiger partial charge in [0.1, 0.15) is 0 Å². The molecule has 0 atom stereocenters. The molecule has 1 N–H and O–H groups in total. The minimum absolute atomic E-state index is 0.124. The Labute approximate surface area is 66.4 Å². The largest absolute Gasteiger partial charge is 0.301 e. The van der Waals surface area contributed by atoms with E-state index in [0.29, 0.717) is 6.42 Å². The highest BCUT2D eigenvalue weighted by Crippen LogP contribution is 1.86. The number of nitrogens with one attached hydrogen (secondary N) is 1. The highest BCUT2D eigenvalue weighted by atomic mass is 16.1. The molecule has 0 bridgehead atoms. The Morgan fingerprint density at radius 1 is 1.73 bits per heavy atom. The lowest BCUT2D eigenvalue weighted by Gasteiger charge is -1.89. The number of hydrogen-bond donors (Lipinski definition) is 1. The van der Waals surface area contributed by atoms with Crippen molar-refractivity contribution >= 4 is 11.5 Å². The minimum Gasteiger partial charge on any atom is -0.301 e. The second-order valence-electron chi connectivity index (χ2n) is 1.93. The molecule has 0 fully saturated rings. The summed E-state index contributed by atoms with van der Waals surface area (Å²) in [7, 11) is 0. The molecule has 0 amide bonds. The molecule has 0 saturated heterocycles. The number of allylic oxidation sites excluding steroid dienone is 3. The normalized spacial score (nSPS) is 9.18. The number of carbonyl (C=O) groups excluding carboxylic acids is 1. The average molecular weight is 149 g/mol. The van der Waals surface area contributed by atoms with Gasteiger partial charge in [-0.3, -0.25) is 4.79 Å². The Morgan fingerprint density at radius 2 is 2.36 bits per heavy atom. The molecule has 11 heavy (non-hydrogen) atoms. The van der Waals surface area contributed by atoms with Crippen molar-refractivity contribution in [2.24, 2.45) is 0 Å². The molecule has 0 spiro atoms. The summed E-state index contributed by atoms with van der Waals surface area (Å²) in [4.78, 5) is 10.9. The van der Waals surface area contributed by atoms with E-state index in [4.69, 9.17) is 5.41 Å². The summed E-state index contributed by atoms with van der Waals surface area (Å²) in [5, 5.41) is 7.13. The van der Waals surface area contributed by atoms with Gasteiger partial charge in [0.15, 0.2) is 5.78 Å². The summed E-state index contributed by atoms with van der Waals surface area (Å²) in [6, 6.07) is 0. The maximum atomic E-state index is 10.9. The summed E-state index contributed by atoms with van der Waals surface area (Å²) in [5.41, 5.74) is 2.62. The maximum absolute atomic E-state index is 10.9. The van der Waals surface area contributed by atoms with Gasteiger partial charge in [-0.2, -0.15) is 0 Å². The van der Waals surface area contributed by atoms with E-state index in [1.54, 1.807) is 6.92 Å².